The fourth-order valence-corrected chi connectivity index (χ4v) is 3.12. The SMILES string of the molecule is CCCCCc1cc(O)c(C2C=C(C)CCC2)c(O)c1. The third kappa shape index (κ3) is 3.56. The van der Waals surface area contributed by atoms with E-state index < -0.39 is 0 Å². The summed E-state index contributed by atoms with van der Waals surface area (Å²) >= 11 is 0. The molecule has 1 aliphatic rings. The van der Waals surface area contributed by atoms with E-state index >= 15 is 0 Å². The number of phenols is 2. The fraction of sp³-hybridized carbons (Fsp3) is 0.556. The zero-order valence-electron chi connectivity index (χ0n) is 12.7. The minimum atomic E-state index is 0.161. The number of unbranched alkanes of at least 4 members (excludes halogenated alkanes) is 2. The molecule has 1 atom stereocenters. The third-order valence-corrected chi connectivity index (χ3v) is 4.21. The van der Waals surface area contributed by atoms with Gasteiger partial charge in [-0.25, -0.2) is 0 Å². The van der Waals surface area contributed by atoms with E-state index in [1.807, 2.05) is 12.1 Å². The predicted molar refractivity (Wildman–Crippen MR) is 83.3 cm³/mol. The van der Waals surface area contributed by atoms with Crippen LogP contribution in [0.2, 0.25) is 0 Å². The Morgan fingerprint density at radius 1 is 1.15 bits per heavy atom. The summed E-state index contributed by atoms with van der Waals surface area (Å²) in [7, 11) is 0. The molecule has 20 heavy (non-hydrogen) atoms. The zero-order valence-corrected chi connectivity index (χ0v) is 12.7. The van der Waals surface area contributed by atoms with Gasteiger partial charge in [-0.05, 0) is 56.7 Å². The molecule has 0 amide bonds. The molecule has 1 aliphatic carbocycles. The summed E-state index contributed by atoms with van der Waals surface area (Å²) in [4.78, 5) is 0. The number of rotatable bonds is 5. The molecule has 1 unspecified atom stereocenters. The summed E-state index contributed by atoms with van der Waals surface area (Å²) in [5, 5.41) is 20.6. The highest BCUT2D eigenvalue weighted by Crippen LogP contribution is 2.41. The highest BCUT2D eigenvalue weighted by molar-refractivity contribution is 5.50. The molecular weight excluding hydrogens is 248 g/mol. The maximum Gasteiger partial charge on any atom is 0.123 e. The highest BCUT2D eigenvalue weighted by Gasteiger charge is 2.21. The van der Waals surface area contributed by atoms with Gasteiger partial charge in [-0.15, -0.1) is 0 Å². The van der Waals surface area contributed by atoms with Crippen molar-refractivity contribution in [3.63, 3.8) is 0 Å². The van der Waals surface area contributed by atoms with Crippen molar-refractivity contribution in [2.45, 2.75) is 64.7 Å². The van der Waals surface area contributed by atoms with Gasteiger partial charge in [0.25, 0.3) is 0 Å². The second-order valence-corrected chi connectivity index (χ2v) is 6.02. The van der Waals surface area contributed by atoms with E-state index in [1.165, 1.54) is 18.4 Å². The first-order chi connectivity index (χ1) is 9.61. The van der Waals surface area contributed by atoms with E-state index in [0.717, 1.165) is 37.7 Å². The van der Waals surface area contributed by atoms with Crippen LogP contribution in [0.25, 0.3) is 0 Å². The van der Waals surface area contributed by atoms with E-state index in [1.54, 1.807) is 0 Å². The van der Waals surface area contributed by atoms with Crippen molar-refractivity contribution < 1.29 is 10.2 Å². The summed E-state index contributed by atoms with van der Waals surface area (Å²) in [5.74, 6) is 0.674. The van der Waals surface area contributed by atoms with E-state index in [-0.39, 0.29) is 17.4 Å². The van der Waals surface area contributed by atoms with Crippen LogP contribution in [-0.2, 0) is 6.42 Å². The standard InChI is InChI=1S/C18H26O2/c1-3-4-5-8-14-11-16(19)18(17(20)12-14)15-9-6-7-13(2)10-15/h10-12,15,19-20H,3-9H2,1-2H3. The van der Waals surface area contributed by atoms with Crippen LogP contribution in [0.1, 0.15) is 69.4 Å². The lowest BCUT2D eigenvalue weighted by Gasteiger charge is -2.22. The van der Waals surface area contributed by atoms with Crippen LogP contribution < -0.4 is 0 Å². The van der Waals surface area contributed by atoms with Gasteiger partial charge in [-0.3, -0.25) is 0 Å². The Balaban J connectivity index is 2.20. The van der Waals surface area contributed by atoms with Crippen molar-refractivity contribution in [3.05, 3.63) is 34.9 Å². The largest absolute Gasteiger partial charge is 0.507 e. The highest BCUT2D eigenvalue weighted by atomic mass is 16.3. The first-order valence-electron chi connectivity index (χ1n) is 7.84. The summed E-state index contributed by atoms with van der Waals surface area (Å²) in [6.45, 7) is 4.30. The van der Waals surface area contributed by atoms with Crippen molar-refractivity contribution in [1.29, 1.82) is 0 Å². The average Bonchev–Trinajstić information content (AvgIpc) is 2.38. The lowest BCUT2D eigenvalue weighted by Crippen LogP contribution is -2.03. The summed E-state index contributed by atoms with van der Waals surface area (Å²) in [6, 6.07) is 3.67. The van der Waals surface area contributed by atoms with Crippen LogP contribution in [0.3, 0.4) is 0 Å². The fourth-order valence-electron chi connectivity index (χ4n) is 3.12. The molecule has 2 heteroatoms. The molecule has 1 aromatic rings. The van der Waals surface area contributed by atoms with E-state index in [2.05, 4.69) is 19.9 Å². The van der Waals surface area contributed by atoms with Crippen LogP contribution in [0.15, 0.2) is 23.8 Å². The second kappa shape index (κ2) is 6.83. The summed E-state index contributed by atoms with van der Waals surface area (Å²) < 4.78 is 0. The molecule has 2 N–H and O–H groups in total. The quantitative estimate of drug-likeness (QED) is 0.583. The molecule has 1 aromatic carbocycles. The molecule has 0 spiro atoms. The molecule has 0 saturated heterocycles. The number of phenolic OH excluding ortho intramolecular Hbond substituents is 2. The minimum Gasteiger partial charge on any atom is -0.507 e. The Hall–Kier alpha value is -1.44. The molecule has 0 bridgehead atoms. The topological polar surface area (TPSA) is 40.5 Å². The lowest BCUT2D eigenvalue weighted by molar-refractivity contribution is 0.427. The van der Waals surface area contributed by atoms with Gasteiger partial charge in [0.1, 0.15) is 11.5 Å². The molecule has 0 heterocycles. The average molecular weight is 274 g/mol. The molecule has 0 saturated carbocycles. The van der Waals surface area contributed by atoms with E-state index in [0.29, 0.717) is 5.56 Å². The van der Waals surface area contributed by atoms with Gasteiger partial charge in [0, 0.05) is 11.5 Å². The molecule has 2 nitrogen and oxygen atoms in total. The van der Waals surface area contributed by atoms with Crippen molar-refractivity contribution in [1.82, 2.24) is 0 Å². The van der Waals surface area contributed by atoms with Crippen LogP contribution in [0.5, 0.6) is 11.5 Å². The molecule has 0 aromatic heterocycles. The van der Waals surface area contributed by atoms with Crippen LogP contribution >= 0.6 is 0 Å². The maximum absolute atomic E-state index is 10.3. The number of aryl methyl sites for hydroxylation is 1. The van der Waals surface area contributed by atoms with Gasteiger partial charge in [-0.2, -0.15) is 0 Å². The Kier molecular flexibility index (Phi) is 5.11. The number of aromatic hydroxyl groups is 2. The molecule has 0 aliphatic heterocycles. The molecule has 0 radical (unpaired) electrons. The molecule has 0 fully saturated rings. The minimum absolute atomic E-state index is 0.161. The van der Waals surface area contributed by atoms with Crippen molar-refractivity contribution in [3.8, 4) is 11.5 Å². The van der Waals surface area contributed by atoms with Gasteiger partial charge in [-0.1, -0.05) is 31.4 Å². The van der Waals surface area contributed by atoms with E-state index in [4.69, 9.17) is 0 Å². The first-order valence-corrected chi connectivity index (χ1v) is 7.84. The Labute approximate surface area is 122 Å². The van der Waals surface area contributed by atoms with E-state index in [9.17, 15) is 10.2 Å². The number of benzene rings is 1. The summed E-state index contributed by atoms with van der Waals surface area (Å²) in [5.41, 5.74) is 3.10. The Bertz CT molecular complexity index is 465. The Morgan fingerprint density at radius 3 is 2.45 bits per heavy atom. The van der Waals surface area contributed by atoms with Crippen LogP contribution in [-0.4, -0.2) is 10.2 Å². The molecule has 110 valence electrons. The van der Waals surface area contributed by atoms with Gasteiger partial charge in [0.2, 0.25) is 0 Å². The van der Waals surface area contributed by atoms with Gasteiger partial charge in [0.05, 0.1) is 0 Å². The third-order valence-electron chi connectivity index (χ3n) is 4.21. The maximum atomic E-state index is 10.3. The number of hydrogen-bond acceptors (Lipinski definition) is 2. The smallest absolute Gasteiger partial charge is 0.123 e. The van der Waals surface area contributed by atoms with Crippen molar-refractivity contribution in [2.75, 3.05) is 0 Å². The summed E-state index contributed by atoms with van der Waals surface area (Å²) in [6.07, 6.45) is 9.86. The lowest BCUT2D eigenvalue weighted by atomic mass is 9.84. The van der Waals surface area contributed by atoms with Gasteiger partial charge < -0.3 is 10.2 Å². The monoisotopic (exact) mass is 274 g/mol. The van der Waals surface area contributed by atoms with Crippen molar-refractivity contribution >= 4 is 0 Å². The first kappa shape index (κ1) is 15.0. The van der Waals surface area contributed by atoms with Crippen molar-refractivity contribution in [2.24, 2.45) is 0 Å². The van der Waals surface area contributed by atoms with Crippen LogP contribution in [0.4, 0.5) is 0 Å². The van der Waals surface area contributed by atoms with Gasteiger partial charge >= 0.3 is 0 Å². The normalized spacial score (nSPS) is 18.9. The number of hydrogen-bond donors (Lipinski definition) is 2. The van der Waals surface area contributed by atoms with Crippen LogP contribution in [0, 0.1) is 0 Å². The molecular formula is C18H26O2. The zero-order chi connectivity index (χ0) is 14.5. The Morgan fingerprint density at radius 2 is 1.85 bits per heavy atom. The predicted octanol–water partition coefficient (Wildman–Crippen LogP) is 5.04. The van der Waals surface area contributed by atoms with Gasteiger partial charge in [0.15, 0.2) is 0 Å². The second-order valence-electron chi connectivity index (χ2n) is 6.02. The number of allylic oxidation sites excluding steroid dienone is 2. The molecule has 2 rings (SSSR count).